The fourth-order valence-corrected chi connectivity index (χ4v) is 1.60. The Labute approximate surface area is 88.8 Å². The van der Waals surface area contributed by atoms with Crippen molar-refractivity contribution < 1.29 is 12.9 Å². The molecule has 0 saturated heterocycles. The maximum absolute atomic E-state index is 10.9. The number of hydrogen-bond acceptors (Lipinski definition) is 6. The van der Waals surface area contributed by atoms with Crippen molar-refractivity contribution in [3.63, 3.8) is 0 Å². The van der Waals surface area contributed by atoms with E-state index < -0.39 is 9.84 Å². The highest BCUT2D eigenvalue weighted by Gasteiger charge is 2.13. The Morgan fingerprint density at radius 3 is 2.73 bits per heavy atom. The molecule has 6 nitrogen and oxygen atoms in total. The second-order valence-corrected chi connectivity index (χ2v) is 5.69. The molecule has 1 heterocycles. The number of aromatic nitrogens is 2. The van der Waals surface area contributed by atoms with E-state index in [2.05, 4.69) is 10.1 Å². The lowest BCUT2D eigenvalue weighted by atomic mass is 10.2. The molecule has 1 aromatic heterocycles. The lowest BCUT2D eigenvalue weighted by Crippen LogP contribution is -2.22. The average Bonchev–Trinajstić information content (AvgIpc) is 2.49. The van der Waals surface area contributed by atoms with Crippen LogP contribution in [0.2, 0.25) is 0 Å². The van der Waals surface area contributed by atoms with Crippen LogP contribution >= 0.6 is 0 Å². The van der Waals surface area contributed by atoms with Crippen LogP contribution in [0, 0.1) is 0 Å². The summed E-state index contributed by atoms with van der Waals surface area (Å²) in [4.78, 5) is 3.95. The molecule has 0 amide bonds. The van der Waals surface area contributed by atoms with Gasteiger partial charge in [0.1, 0.15) is 5.75 Å². The number of hydrogen-bond donors (Lipinski definition) is 1. The van der Waals surface area contributed by atoms with E-state index in [1.165, 1.54) is 0 Å². The van der Waals surface area contributed by atoms with Gasteiger partial charge in [-0.05, 0) is 6.42 Å². The Hall–Kier alpha value is -0.950. The second kappa shape index (κ2) is 4.71. The first-order valence-corrected chi connectivity index (χ1v) is 6.71. The number of nitrogens with two attached hydrogens (primary N) is 1. The van der Waals surface area contributed by atoms with Crippen LogP contribution in [0.1, 0.15) is 25.1 Å². The molecule has 0 bridgehead atoms. The third-order valence-electron chi connectivity index (χ3n) is 1.86. The Morgan fingerprint density at radius 1 is 1.53 bits per heavy atom. The van der Waals surface area contributed by atoms with Gasteiger partial charge < -0.3 is 10.3 Å². The predicted octanol–water partition coefficient (Wildman–Crippen LogP) is -0.106. The average molecular weight is 233 g/mol. The SMILES string of the molecule is CCC(N)Cc1noc(CS(C)(=O)=O)n1. The molecule has 1 atom stereocenters. The zero-order chi connectivity index (χ0) is 11.5. The lowest BCUT2D eigenvalue weighted by Gasteiger charge is -2.02. The van der Waals surface area contributed by atoms with Crippen molar-refractivity contribution in [3.8, 4) is 0 Å². The van der Waals surface area contributed by atoms with Crippen LogP contribution in [0.3, 0.4) is 0 Å². The molecule has 1 aromatic rings. The summed E-state index contributed by atoms with van der Waals surface area (Å²) in [6.45, 7) is 1.96. The van der Waals surface area contributed by atoms with Crippen molar-refractivity contribution in [1.82, 2.24) is 10.1 Å². The van der Waals surface area contributed by atoms with E-state index >= 15 is 0 Å². The molecule has 0 aliphatic rings. The van der Waals surface area contributed by atoms with Crippen LogP contribution < -0.4 is 5.73 Å². The topological polar surface area (TPSA) is 99.1 Å². The van der Waals surface area contributed by atoms with Gasteiger partial charge >= 0.3 is 0 Å². The van der Waals surface area contributed by atoms with Crippen molar-refractivity contribution in [2.24, 2.45) is 5.73 Å². The number of rotatable bonds is 5. The van der Waals surface area contributed by atoms with Gasteiger partial charge in [0.2, 0.25) is 5.89 Å². The zero-order valence-corrected chi connectivity index (χ0v) is 9.62. The minimum atomic E-state index is -3.13. The Balaban J connectivity index is 2.64. The molecule has 0 spiro atoms. The van der Waals surface area contributed by atoms with Gasteiger partial charge in [0.25, 0.3) is 0 Å². The van der Waals surface area contributed by atoms with Gasteiger partial charge in [-0.3, -0.25) is 0 Å². The van der Waals surface area contributed by atoms with E-state index in [-0.39, 0.29) is 17.7 Å². The molecule has 0 aliphatic carbocycles. The molecule has 0 fully saturated rings. The zero-order valence-electron chi connectivity index (χ0n) is 8.80. The van der Waals surface area contributed by atoms with Crippen molar-refractivity contribution in [2.45, 2.75) is 31.6 Å². The molecule has 0 aliphatic heterocycles. The summed E-state index contributed by atoms with van der Waals surface area (Å²) < 4.78 is 26.7. The highest BCUT2D eigenvalue weighted by Crippen LogP contribution is 2.04. The summed E-state index contributed by atoms with van der Waals surface area (Å²) >= 11 is 0. The predicted molar refractivity (Wildman–Crippen MR) is 54.8 cm³/mol. The fourth-order valence-electron chi connectivity index (χ4n) is 1.03. The van der Waals surface area contributed by atoms with Crippen LogP contribution in [-0.2, 0) is 22.0 Å². The van der Waals surface area contributed by atoms with Crippen molar-refractivity contribution in [2.75, 3.05) is 6.26 Å². The van der Waals surface area contributed by atoms with Crippen LogP contribution in [0.5, 0.6) is 0 Å². The van der Waals surface area contributed by atoms with Crippen molar-refractivity contribution >= 4 is 9.84 Å². The largest absolute Gasteiger partial charge is 0.338 e. The van der Waals surface area contributed by atoms with Gasteiger partial charge in [0.15, 0.2) is 15.7 Å². The number of sulfone groups is 1. The first-order valence-electron chi connectivity index (χ1n) is 4.65. The van der Waals surface area contributed by atoms with E-state index in [1.54, 1.807) is 0 Å². The van der Waals surface area contributed by atoms with Crippen LogP contribution in [0.25, 0.3) is 0 Å². The molecule has 2 N–H and O–H groups in total. The minimum Gasteiger partial charge on any atom is -0.338 e. The molecule has 7 heteroatoms. The first-order chi connectivity index (χ1) is 6.90. The number of nitrogens with zero attached hydrogens (tertiary/aromatic N) is 2. The normalized spacial score (nSPS) is 14.1. The van der Waals surface area contributed by atoms with Gasteiger partial charge in [-0.2, -0.15) is 4.98 Å². The first kappa shape index (κ1) is 12.1. The van der Waals surface area contributed by atoms with E-state index in [1.807, 2.05) is 6.92 Å². The monoisotopic (exact) mass is 233 g/mol. The highest BCUT2D eigenvalue weighted by molar-refractivity contribution is 7.89. The third kappa shape index (κ3) is 4.39. The summed E-state index contributed by atoms with van der Waals surface area (Å²) in [7, 11) is -3.13. The smallest absolute Gasteiger partial charge is 0.241 e. The van der Waals surface area contributed by atoms with Gasteiger partial charge in [-0.15, -0.1) is 0 Å². The molecule has 86 valence electrons. The molecule has 1 unspecified atom stereocenters. The van der Waals surface area contributed by atoms with Gasteiger partial charge in [0, 0.05) is 18.7 Å². The summed E-state index contributed by atoms with van der Waals surface area (Å²) in [5.41, 5.74) is 5.70. The van der Waals surface area contributed by atoms with Crippen LogP contribution in [0.4, 0.5) is 0 Å². The molecule has 0 aromatic carbocycles. The molecular weight excluding hydrogens is 218 g/mol. The van der Waals surface area contributed by atoms with Gasteiger partial charge in [0.05, 0.1) is 0 Å². The molecule has 1 rings (SSSR count). The molecule has 15 heavy (non-hydrogen) atoms. The van der Waals surface area contributed by atoms with Crippen LogP contribution in [0.15, 0.2) is 4.52 Å². The maximum atomic E-state index is 10.9. The minimum absolute atomic E-state index is 0.0197. The lowest BCUT2D eigenvalue weighted by molar-refractivity contribution is 0.381. The van der Waals surface area contributed by atoms with Crippen molar-refractivity contribution in [3.05, 3.63) is 11.7 Å². The Kier molecular flexibility index (Phi) is 3.81. The van der Waals surface area contributed by atoms with Gasteiger partial charge in [-0.1, -0.05) is 12.1 Å². The van der Waals surface area contributed by atoms with Crippen molar-refractivity contribution in [1.29, 1.82) is 0 Å². The van der Waals surface area contributed by atoms with E-state index in [9.17, 15) is 8.42 Å². The third-order valence-corrected chi connectivity index (χ3v) is 2.64. The molecular formula is C8H15N3O3S. The summed E-state index contributed by atoms with van der Waals surface area (Å²) in [5, 5.41) is 3.66. The highest BCUT2D eigenvalue weighted by atomic mass is 32.2. The summed E-state index contributed by atoms with van der Waals surface area (Å²) in [6.07, 6.45) is 2.44. The standard InChI is InChI=1S/C8H15N3O3S/c1-3-6(9)4-7-10-8(14-11-7)5-15(2,12)13/h6H,3-5,9H2,1-2H3. The van der Waals surface area contributed by atoms with Crippen LogP contribution in [-0.4, -0.2) is 30.9 Å². The fraction of sp³-hybridized carbons (Fsp3) is 0.750. The Morgan fingerprint density at radius 2 is 2.20 bits per heavy atom. The summed E-state index contributed by atoms with van der Waals surface area (Å²) in [6, 6.07) is -0.0197. The second-order valence-electron chi connectivity index (χ2n) is 3.55. The maximum Gasteiger partial charge on any atom is 0.241 e. The van der Waals surface area contributed by atoms with E-state index in [0.717, 1.165) is 12.7 Å². The molecule has 0 radical (unpaired) electrons. The van der Waals surface area contributed by atoms with Gasteiger partial charge in [-0.25, -0.2) is 8.42 Å². The van der Waals surface area contributed by atoms with E-state index in [4.69, 9.17) is 10.3 Å². The molecule has 0 saturated carbocycles. The quantitative estimate of drug-likeness (QED) is 0.762. The summed E-state index contributed by atoms with van der Waals surface area (Å²) in [5.74, 6) is 0.361. The van der Waals surface area contributed by atoms with E-state index in [0.29, 0.717) is 12.2 Å². The Bertz CT molecular complexity index is 413.